The molecule has 0 bridgehead atoms. The van der Waals surface area contributed by atoms with Crippen LogP contribution in [0.4, 0.5) is 5.95 Å². The fourth-order valence-electron chi connectivity index (χ4n) is 4.23. The van der Waals surface area contributed by atoms with Gasteiger partial charge in [-0.05, 0) is 43.2 Å². The molecule has 1 amide bonds. The number of carbonyl (C=O) groups is 2. The Morgan fingerprint density at radius 1 is 1.09 bits per heavy atom. The molecular weight excluding hydrogens is 410 g/mol. The first-order chi connectivity index (χ1) is 15.6. The number of hydrogen-bond donors (Lipinski definition) is 0. The van der Waals surface area contributed by atoms with Gasteiger partial charge in [0.1, 0.15) is 5.75 Å². The highest BCUT2D eigenvalue weighted by Gasteiger charge is 2.47. The van der Waals surface area contributed by atoms with Gasteiger partial charge < -0.3 is 18.8 Å². The molecule has 2 atom stereocenters. The van der Waals surface area contributed by atoms with Crippen molar-refractivity contribution in [1.29, 1.82) is 0 Å². The molecular formula is C24H27N3O5. The predicted octanol–water partition coefficient (Wildman–Crippen LogP) is 3.20. The fourth-order valence-corrected chi connectivity index (χ4v) is 4.23. The molecule has 3 aromatic rings. The fraction of sp³-hybridized carbons (Fsp3) is 0.375. The van der Waals surface area contributed by atoms with Crippen LogP contribution in [0.25, 0.3) is 11.0 Å². The van der Waals surface area contributed by atoms with Crippen LogP contribution in [0, 0.1) is 5.92 Å². The van der Waals surface area contributed by atoms with E-state index in [1.54, 1.807) is 26.0 Å². The lowest BCUT2D eigenvalue weighted by Crippen LogP contribution is -2.50. The molecule has 0 saturated heterocycles. The topological polar surface area (TPSA) is 82.9 Å². The first-order valence-corrected chi connectivity index (χ1v) is 10.7. The number of para-hydroxylation sites is 2. The van der Waals surface area contributed by atoms with Crippen molar-refractivity contribution in [2.75, 3.05) is 38.9 Å². The average Bonchev–Trinajstić information content (AvgIpc) is 3.19. The number of imidazole rings is 1. The van der Waals surface area contributed by atoms with Gasteiger partial charge in [0, 0.05) is 20.3 Å². The minimum atomic E-state index is -1.03. The van der Waals surface area contributed by atoms with E-state index in [1.807, 2.05) is 53.1 Å². The second kappa shape index (κ2) is 9.40. The number of rotatable bonds is 8. The molecule has 8 heteroatoms. The van der Waals surface area contributed by atoms with Gasteiger partial charge in [-0.2, -0.15) is 0 Å². The van der Waals surface area contributed by atoms with Crippen molar-refractivity contribution in [3.05, 3.63) is 54.1 Å². The third-order valence-electron chi connectivity index (χ3n) is 5.67. The lowest BCUT2D eigenvalue weighted by Gasteiger charge is -2.38. The number of fused-ring (bicyclic) bond motifs is 3. The SMILES string of the molecule is CCOC(=O)C1C(=O)N(CCCOC)c2nc3ccccc3n2C1c1ccc(OC)cc1. The van der Waals surface area contributed by atoms with E-state index in [2.05, 4.69) is 0 Å². The minimum Gasteiger partial charge on any atom is -0.497 e. The van der Waals surface area contributed by atoms with Gasteiger partial charge in [-0.25, -0.2) is 4.98 Å². The highest BCUT2D eigenvalue weighted by atomic mass is 16.5. The smallest absolute Gasteiger partial charge is 0.321 e. The van der Waals surface area contributed by atoms with Gasteiger partial charge in [-0.15, -0.1) is 0 Å². The van der Waals surface area contributed by atoms with Crippen molar-refractivity contribution in [2.45, 2.75) is 19.4 Å². The number of ether oxygens (including phenoxy) is 3. The zero-order chi connectivity index (χ0) is 22.7. The van der Waals surface area contributed by atoms with Crippen LogP contribution in [0.1, 0.15) is 24.9 Å². The quantitative estimate of drug-likeness (QED) is 0.306. The number of aromatic nitrogens is 2. The molecule has 168 valence electrons. The van der Waals surface area contributed by atoms with E-state index in [1.165, 1.54) is 0 Å². The normalized spacial score (nSPS) is 18.0. The summed E-state index contributed by atoms with van der Waals surface area (Å²) >= 11 is 0. The Morgan fingerprint density at radius 2 is 1.84 bits per heavy atom. The minimum absolute atomic E-state index is 0.194. The lowest BCUT2D eigenvalue weighted by atomic mass is 9.89. The van der Waals surface area contributed by atoms with E-state index >= 15 is 0 Å². The number of amides is 1. The molecule has 4 rings (SSSR count). The third-order valence-corrected chi connectivity index (χ3v) is 5.67. The summed E-state index contributed by atoms with van der Waals surface area (Å²) in [7, 11) is 3.22. The van der Waals surface area contributed by atoms with E-state index in [4.69, 9.17) is 19.2 Å². The van der Waals surface area contributed by atoms with Crippen LogP contribution in [0.5, 0.6) is 5.75 Å². The average molecular weight is 437 g/mol. The highest BCUT2D eigenvalue weighted by molar-refractivity contribution is 6.08. The Bertz CT molecular complexity index is 1110. The zero-order valence-electron chi connectivity index (χ0n) is 18.5. The maximum atomic E-state index is 13.7. The Kier molecular flexibility index (Phi) is 6.41. The summed E-state index contributed by atoms with van der Waals surface area (Å²) in [6.07, 6.45) is 0.619. The number of hydrogen-bond acceptors (Lipinski definition) is 6. The number of carbonyl (C=O) groups excluding carboxylic acids is 2. The second-order valence-corrected chi connectivity index (χ2v) is 7.55. The number of methoxy groups -OCH3 is 2. The molecule has 1 aliphatic heterocycles. The van der Waals surface area contributed by atoms with Crippen LogP contribution in [0.15, 0.2) is 48.5 Å². The second-order valence-electron chi connectivity index (χ2n) is 7.55. The lowest BCUT2D eigenvalue weighted by molar-refractivity contribution is -0.153. The molecule has 0 radical (unpaired) electrons. The van der Waals surface area contributed by atoms with Crippen molar-refractivity contribution in [1.82, 2.24) is 9.55 Å². The van der Waals surface area contributed by atoms with Crippen LogP contribution < -0.4 is 9.64 Å². The van der Waals surface area contributed by atoms with Crippen molar-refractivity contribution in [3.63, 3.8) is 0 Å². The van der Waals surface area contributed by atoms with Crippen molar-refractivity contribution >= 4 is 28.9 Å². The summed E-state index contributed by atoms with van der Waals surface area (Å²) in [6.45, 7) is 2.82. The van der Waals surface area contributed by atoms with Crippen LogP contribution in [0.3, 0.4) is 0 Å². The Morgan fingerprint density at radius 3 is 2.53 bits per heavy atom. The number of benzene rings is 2. The van der Waals surface area contributed by atoms with E-state index in [-0.39, 0.29) is 12.5 Å². The Hall–Kier alpha value is -3.39. The van der Waals surface area contributed by atoms with Gasteiger partial charge >= 0.3 is 5.97 Å². The third kappa shape index (κ3) is 3.82. The standard InChI is InChI=1S/C24H27N3O5/c1-4-32-23(29)20-21(16-10-12-17(31-3)13-11-16)27-19-9-6-5-8-18(19)25-24(27)26(22(20)28)14-7-15-30-2/h5-6,8-13,20-21H,4,7,14-15H2,1-3H3. The summed E-state index contributed by atoms with van der Waals surface area (Å²) in [5.41, 5.74) is 2.41. The van der Waals surface area contributed by atoms with Crippen LogP contribution in [0.2, 0.25) is 0 Å². The first kappa shape index (κ1) is 21.8. The Labute approximate surface area is 186 Å². The van der Waals surface area contributed by atoms with Gasteiger partial charge in [0.25, 0.3) is 0 Å². The molecule has 1 aliphatic rings. The highest BCUT2D eigenvalue weighted by Crippen LogP contribution is 2.41. The molecule has 0 N–H and O–H groups in total. The first-order valence-electron chi connectivity index (χ1n) is 10.7. The van der Waals surface area contributed by atoms with E-state index in [0.29, 0.717) is 31.3 Å². The molecule has 2 heterocycles. The molecule has 0 spiro atoms. The molecule has 2 aromatic carbocycles. The van der Waals surface area contributed by atoms with Gasteiger partial charge in [-0.1, -0.05) is 24.3 Å². The molecule has 0 saturated carbocycles. The van der Waals surface area contributed by atoms with Crippen molar-refractivity contribution in [3.8, 4) is 5.75 Å². The molecule has 0 aliphatic carbocycles. The van der Waals surface area contributed by atoms with E-state index in [9.17, 15) is 9.59 Å². The Balaban J connectivity index is 1.92. The summed E-state index contributed by atoms with van der Waals surface area (Å²) < 4.78 is 17.8. The van der Waals surface area contributed by atoms with Crippen molar-refractivity contribution in [2.24, 2.45) is 5.92 Å². The van der Waals surface area contributed by atoms with Crippen molar-refractivity contribution < 1.29 is 23.8 Å². The van der Waals surface area contributed by atoms with Gasteiger partial charge in [0.2, 0.25) is 11.9 Å². The summed E-state index contributed by atoms with van der Waals surface area (Å²) in [5, 5.41) is 0. The van der Waals surface area contributed by atoms with E-state index in [0.717, 1.165) is 16.6 Å². The van der Waals surface area contributed by atoms with Gasteiger partial charge in [0.05, 0.1) is 30.8 Å². The van der Waals surface area contributed by atoms with Gasteiger partial charge in [-0.3, -0.25) is 14.5 Å². The predicted molar refractivity (Wildman–Crippen MR) is 120 cm³/mol. The van der Waals surface area contributed by atoms with Crippen LogP contribution in [-0.2, 0) is 19.1 Å². The van der Waals surface area contributed by atoms with Crippen LogP contribution in [-0.4, -0.2) is 55.4 Å². The number of anilines is 1. The largest absolute Gasteiger partial charge is 0.497 e. The van der Waals surface area contributed by atoms with Gasteiger partial charge in [0.15, 0.2) is 5.92 Å². The zero-order valence-corrected chi connectivity index (χ0v) is 18.5. The summed E-state index contributed by atoms with van der Waals surface area (Å²) in [6, 6.07) is 14.5. The molecule has 32 heavy (non-hydrogen) atoms. The van der Waals surface area contributed by atoms with Crippen LogP contribution >= 0.6 is 0 Å². The molecule has 8 nitrogen and oxygen atoms in total. The number of esters is 1. The molecule has 2 unspecified atom stereocenters. The molecule has 1 aromatic heterocycles. The maximum absolute atomic E-state index is 13.7. The number of nitrogens with zero attached hydrogens (tertiary/aromatic N) is 3. The summed E-state index contributed by atoms with van der Waals surface area (Å²) in [5.74, 6) is -0.674. The monoisotopic (exact) mass is 437 g/mol. The van der Waals surface area contributed by atoms with E-state index < -0.39 is 17.9 Å². The molecule has 0 fully saturated rings. The maximum Gasteiger partial charge on any atom is 0.321 e. The summed E-state index contributed by atoms with van der Waals surface area (Å²) in [4.78, 5) is 33.1.